The number of likely N-dealkylation sites (tertiary alicyclic amines) is 1. The molecule has 142 valence electrons. The van der Waals surface area contributed by atoms with Crippen LogP contribution in [0.3, 0.4) is 0 Å². The lowest BCUT2D eigenvalue weighted by Gasteiger charge is -2.14. The lowest BCUT2D eigenvalue weighted by molar-refractivity contribution is -0.116. The number of nitrogens with zero attached hydrogens (tertiary/aromatic N) is 1. The molecule has 2 amide bonds. The Kier molecular flexibility index (Phi) is 6.60. The molecular weight excluding hydrogens is 338 g/mol. The smallest absolute Gasteiger partial charge is 0.255 e. The van der Waals surface area contributed by atoms with Gasteiger partial charge in [-0.2, -0.15) is 0 Å². The van der Waals surface area contributed by atoms with Crippen molar-refractivity contribution in [2.75, 3.05) is 30.3 Å². The highest BCUT2D eigenvalue weighted by molar-refractivity contribution is 6.05. The molecule has 2 N–H and O–H groups in total. The number of rotatable bonds is 7. The van der Waals surface area contributed by atoms with Crippen molar-refractivity contribution in [3.05, 3.63) is 59.7 Å². The fourth-order valence-corrected chi connectivity index (χ4v) is 3.40. The number of anilines is 2. The number of nitrogens with one attached hydrogen (secondary N) is 2. The summed E-state index contributed by atoms with van der Waals surface area (Å²) >= 11 is 0. The zero-order chi connectivity index (χ0) is 19.1. The number of hydrogen-bond acceptors (Lipinski definition) is 3. The Morgan fingerprint density at radius 1 is 0.963 bits per heavy atom. The number of carbonyl (C=O) groups is 2. The maximum absolute atomic E-state index is 12.5. The topological polar surface area (TPSA) is 61.4 Å². The third-order valence-electron chi connectivity index (χ3n) is 4.73. The quantitative estimate of drug-likeness (QED) is 0.778. The monoisotopic (exact) mass is 365 g/mol. The first-order chi connectivity index (χ1) is 13.1. The van der Waals surface area contributed by atoms with E-state index in [0.29, 0.717) is 17.7 Å². The molecule has 0 spiro atoms. The van der Waals surface area contributed by atoms with Gasteiger partial charge in [-0.05, 0) is 81.7 Å². The van der Waals surface area contributed by atoms with E-state index < -0.39 is 0 Å². The first kappa shape index (κ1) is 19.1. The second kappa shape index (κ2) is 9.33. The molecule has 1 aliphatic rings. The fourth-order valence-electron chi connectivity index (χ4n) is 3.40. The SMILES string of the molecule is Cc1cc(NC(=O)CCCN2CCCC2)cc(C(=O)Nc2ccccc2)c1. The first-order valence-electron chi connectivity index (χ1n) is 9.60. The third kappa shape index (κ3) is 5.93. The van der Waals surface area contributed by atoms with Gasteiger partial charge in [0.2, 0.25) is 5.91 Å². The van der Waals surface area contributed by atoms with Gasteiger partial charge in [-0.15, -0.1) is 0 Å². The Morgan fingerprint density at radius 3 is 2.44 bits per heavy atom. The standard InChI is InChI=1S/C22H27N3O2/c1-17-14-18(22(27)24-19-8-3-2-4-9-19)16-20(15-17)23-21(26)10-7-13-25-11-5-6-12-25/h2-4,8-9,14-16H,5-7,10-13H2,1H3,(H,23,26)(H,24,27). The zero-order valence-corrected chi connectivity index (χ0v) is 15.8. The zero-order valence-electron chi connectivity index (χ0n) is 15.8. The van der Waals surface area contributed by atoms with Gasteiger partial charge in [0.1, 0.15) is 0 Å². The van der Waals surface area contributed by atoms with Gasteiger partial charge in [0.15, 0.2) is 0 Å². The van der Waals surface area contributed by atoms with E-state index in [1.807, 2.05) is 49.4 Å². The van der Waals surface area contributed by atoms with E-state index in [9.17, 15) is 9.59 Å². The van der Waals surface area contributed by atoms with Crippen molar-refractivity contribution in [2.24, 2.45) is 0 Å². The van der Waals surface area contributed by atoms with Crippen molar-refractivity contribution >= 4 is 23.2 Å². The van der Waals surface area contributed by atoms with E-state index in [0.717, 1.165) is 37.3 Å². The number of benzene rings is 2. The highest BCUT2D eigenvalue weighted by Crippen LogP contribution is 2.17. The minimum atomic E-state index is -0.186. The lowest BCUT2D eigenvalue weighted by atomic mass is 10.1. The summed E-state index contributed by atoms with van der Waals surface area (Å²) in [5.74, 6) is -0.191. The molecule has 2 aromatic carbocycles. The molecule has 1 saturated heterocycles. The summed E-state index contributed by atoms with van der Waals surface area (Å²) in [7, 11) is 0. The van der Waals surface area contributed by atoms with Crippen LogP contribution in [-0.4, -0.2) is 36.3 Å². The van der Waals surface area contributed by atoms with E-state index in [1.54, 1.807) is 6.07 Å². The van der Waals surface area contributed by atoms with Crippen molar-refractivity contribution < 1.29 is 9.59 Å². The van der Waals surface area contributed by atoms with Crippen molar-refractivity contribution in [1.82, 2.24) is 4.90 Å². The fraction of sp³-hybridized carbons (Fsp3) is 0.364. The van der Waals surface area contributed by atoms with Crippen LogP contribution in [0.15, 0.2) is 48.5 Å². The summed E-state index contributed by atoms with van der Waals surface area (Å²) < 4.78 is 0. The summed E-state index contributed by atoms with van der Waals surface area (Å²) in [5.41, 5.74) is 2.88. The maximum atomic E-state index is 12.5. The Morgan fingerprint density at radius 2 is 1.70 bits per heavy atom. The Bertz CT molecular complexity index is 783. The molecule has 0 saturated carbocycles. The molecule has 0 radical (unpaired) electrons. The van der Waals surface area contributed by atoms with Crippen molar-refractivity contribution in [3.63, 3.8) is 0 Å². The van der Waals surface area contributed by atoms with E-state index >= 15 is 0 Å². The predicted molar refractivity (Wildman–Crippen MR) is 109 cm³/mol. The Hall–Kier alpha value is -2.66. The summed E-state index contributed by atoms with van der Waals surface area (Å²) in [6.45, 7) is 5.20. The van der Waals surface area contributed by atoms with Crippen LogP contribution in [0.5, 0.6) is 0 Å². The van der Waals surface area contributed by atoms with Crippen LogP contribution >= 0.6 is 0 Å². The highest BCUT2D eigenvalue weighted by Gasteiger charge is 2.13. The molecule has 0 aliphatic carbocycles. The summed E-state index contributed by atoms with van der Waals surface area (Å²) in [6.07, 6.45) is 3.89. The predicted octanol–water partition coefficient (Wildman–Crippen LogP) is 4.06. The highest BCUT2D eigenvalue weighted by atomic mass is 16.2. The van der Waals surface area contributed by atoms with Crippen LogP contribution in [-0.2, 0) is 4.79 Å². The average molecular weight is 365 g/mol. The van der Waals surface area contributed by atoms with Gasteiger partial charge in [0.25, 0.3) is 5.91 Å². The molecule has 0 unspecified atom stereocenters. The van der Waals surface area contributed by atoms with Crippen LogP contribution in [0.1, 0.15) is 41.6 Å². The average Bonchev–Trinajstić information content (AvgIpc) is 3.15. The minimum absolute atomic E-state index is 0.00536. The summed E-state index contributed by atoms with van der Waals surface area (Å²) in [4.78, 5) is 27.1. The van der Waals surface area contributed by atoms with Gasteiger partial charge in [0, 0.05) is 23.4 Å². The van der Waals surface area contributed by atoms with Gasteiger partial charge in [-0.25, -0.2) is 0 Å². The van der Waals surface area contributed by atoms with E-state index in [-0.39, 0.29) is 11.8 Å². The molecular formula is C22H27N3O2. The van der Waals surface area contributed by atoms with E-state index in [1.165, 1.54) is 12.8 Å². The minimum Gasteiger partial charge on any atom is -0.326 e. The molecule has 1 fully saturated rings. The van der Waals surface area contributed by atoms with E-state index in [2.05, 4.69) is 15.5 Å². The van der Waals surface area contributed by atoms with Crippen molar-refractivity contribution in [2.45, 2.75) is 32.6 Å². The Labute approximate surface area is 160 Å². The molecule has 0 aromatic heterocycles. The van der Waals surface area contributed by atoms with Gasteiger partial charge >= 0.3 is 0 Å². The number of carbonyl (C=O) groups excluding carboxylic acids is 2. The second-order valence-corrected chi connectivity index (χ2v) is 7.11. The molecule has 1 aliphatic heterocycles. The van der Waals surface area contributed by atoms with Gasteiger partial charge in [0.05, 0.1) is 0 Å². The molecule has 5 heteroatoms. The van der Waals surface area contributed by atoms with Gasteiger partial charge in [-0.3, -0.25) is 9.59 Å². The maximum Gasteiger partial charge on any atom is 0.255 e. The van der Waals surface area contributed by atoms with Crippen LogP contribution in [0.25, 0.3) is 0 Å². The van der Waals surface area contributed by atoms with Crippen LogP contribution in [0.2, 0.25) is 0 Å². The van der Waals surface area contributed by atoms with Gasteiger partial charge in [-0.1, -0.05) is 18.2 Å². The number of hydrogen-bond donors (Lipinski definition) is 2. The van der Waals surface area contributed by atoms with Crippen molar-refractivity contribution in [1.29, 1.82) is 0 Å². The molecule has 3 rings (SSSR count). The number of amides is 2. The normalized spacial score (nSPS) is 14.1. The van der Waals surface area contributed by atoms with Crippen LogP contribution in [0, 0.1) is 6.92 Å². The molecule has 2 aromatic rings. The van der Waals surface area contributed by atoms with E-state index in [4.69, 9.17) is 0 Å². The molecule has 5 nitrogen and oxygen atoms in total. The largest absolute Gasteiger partial charge is 0.326 e. The summed E-state index contributed by atoms with van der Waals surface area (Å²) in [6, 6.07) is 14.8. The lowest BCUT2D eigenvalue weighted by Crippen LogP contribution is -2.22. The van der Waals surface area contributed by atoms with Crippen LogP contribution < -0.4 is 10.6 Å². The molecule has 27 heavy (non-hydrogen) atoms. The molecule has 1 heterocycles. The molecule has 0 atom stereocenters. The second-order valence-electron chi connectivity index (χ2n) is 7.11. The number of aryl methyl sites for hydroxylation is 1. The summed E-state index contributed by atoms with van der Waals surface area (Å²) in [5, 5.41) is 5.80. The van der Waals surface area contributed by atoms with Crippen molar-refractivity contribution in [3.8, 4) is 0 Å². The van der Waals surface area contributed by atoms with Gasteiger partial charge < -0.3 is 15.5 Å². The first-order valence-corrected chi connectivity index (χ1v) is 9.60. The Balaban J connectivity index is 1.55. The third-order valence-corrected chi connectivity index (χ3v) is 4.73. The van der Waals surface area contributed by atoms with Crippen LogP contribution in [0.4, 0.5) is 11.4 Å². The molecule has 0 bridgehead atoms. The number of para-hydroxylation sites is 1.